The zero-order chi connectivity index (χ0) is 21.3. The molecule has 0 radical (unpaired) electrons. The lowest BCUT2D eigenvalue weighted by molar-refractivity contribution is -0.0756. The molecule has 30 heavy (non-hydrogen) atoms. The molecule has 2 aromatic heterocycles. The summed E-state index contributed by atoms with van der Waals surface area (Å²) in [5.41, 5.74) is 4.00. The van der Waals surface area contributed by atoms with Crippen molar-refractivity contribution in [2.45, 2.75) is 20.4 Å². The van der Waals surface area contributed by atoms with Gasteiger partial charge in [-0.2, -0.15) is 0 Å². The summed E-state index contributed by atoms with van der Waals surface area (Å²) in [6.45, 7) is 8.27. The molecule has 0 unspecified atom stereocenters. The van der Waals surface area contributed by atoms with Crippen LogP contribution in [0.15, 0.2) is 28.9 Å². The lowest BCUT2D eigenvalue weighted by atomic mass is 10.2. The molecule has 9 heteroatoms. The average Bonchev–Trinajstić information content (AvgIpc) is 3.16. The van der Waals surface area contributed by atoms with Gasteiger partial charge >= 0.3 is 0 Å². The molecular formula is C21H26N6O3. The number of piperazine rings is 1. The number of aryl methyl sites for hydroxylation is 1. The first-order valence-electron chi connectivity index (χ1n) is 9.93. The highest BCUT2D eigenvalue weighted by molar-refractivity contribution is 5.96. The minimum Gasteiger partial charge on any atom is -0.439 e. The fraction of sp³-hybridized carbons (Fsp3) is 0.429. The SMILES string of the molecule is CON(C)C(=O)c1ccc2nc(CN3CCN(c4ncnc(C)c4C)CC3)oc2c1. The van der Waals surface area contributed by atoms with Crippen LogP contribution in [-0.2, 0) is 11.4 Å². The number of carbonyl (C=O) groups is 1. The summed E-state index contributed by atoms with van der Waals surface area (Å²) >= 11 is 0. The molecule has 0 bridgehead atoms. The van der Waals surface area contributed by atoms with Crippen LogP contribution in [0, 0.1) is 13.8 Å². The highest BCUT2D eigenvalue weighted by Crippen LogP contribution is 2.22. The Morgan fingerprint density at radius 3 is 2.70 bits per heavy atom. The minimum atomic E-state index is -0.233. The molecule has 0 saturated carbocycles. The van der Waals surface area contributed by atoms with E-state index in [1.807, 2.05) is 6.92 Å². The van der Waals surface area contributed by atoms with Gasteiger partial charge in [0.1, 0.15) is 17.7 Å². The van der Waals surface area contributed by atoms with E-state index in [4.69, 9.17) is 9.25 Å². The largest absolute Gasteiger partial charge is 0.439 e. The van der Waals surface area contributed by atoms with Crippen LogP contribution in [0.5, 0.6) is 0 Å². The van der Waals surface area contributed by atoms with Gasteiger partial charge in [-0.25, -0.2) is 20.0 Å². The maximum atomic E-state index is 12.3. The number of amides is 1. The topological polar surface area (TPSA) is 87.8 Å². The minimum absolute atomic E-state index is 0.233. The molecule has 0 spiro atoms. The third-order valence-corrected chi connectivity index (χ3v) is 5.58. The number of anilines is 1. The van der Waals surface area contributed by atoms with Crippen LogP contribution >= 0.6 is 0 Å². The molecule has 0 aliphatic carbocycles. The number of carbonyl (C=O) groups excluding carboxylic acids is 1. The van der Waals surface area contributed by atoms with Gasteiger partial charge < -0.3 is 9.32 Å². The molecule has 3 heterocycles. The first-order chi connectivity index (χ1) is 14.5. The van der Waals surface area contributed by atoms with Crippen LogP contribution in [0.2, 0.25) is 0 Å². The zero-order valence-corrected chi connectivity index (χ0v) is 17.8. The van der Waals surface area contributed by atoms with Gasteiger partial charge in [-0.05, 0) is 32.0 Å². The molecule has 1 aliphatic heterocycles. The predicted molar refractivity (Wildman–Crippen MR) is 112 cm³/mol. The molecule has 1 aliphatic rings. The number of benzene rings is 1. The Morgan fingerprint density at radius 1 is 1.20 bits per heavy atom. The summed E-state index contributed by atoms with van der Waals surface area (Å²) in [6.07, 6.45) is 1.63. The number of hydrogen-bond donors (Lipinski definition) is 0. The molecular weight excluding hydrogens is 384 g/mol. The third kappa shape index (κ3) is 3.99. The van der Waals surface area contributed by atoms with E-state index in [-0.39, 0.29) is 5.91 Å². The second-order valence-electron chi connectivity index (χ2n) is 7.45. The fourth-order valence-electron chi connectivity index (χ4n) is 3.59. The Hall–Kier alpha value is -3.04. The van der Waals surface area contributed by atoms with Crippen LogP contribution in [0.3, 0.4) is 0 Å². The summed E-state index contributed by atoms with van der Waals surface area (Å²) in [5, 5.41) is 1.18. The molecule has 9 nitrogen and oxygen atoms in total. The van der Waals surface area contributed by atoms with E-state index in [1.54, 1.807) is 31.6 Å². The van der Waals surface area contributed by atoms with Gasteiger partial charge in [0.2, 0.25) is 5.89 Å². The van der Waals surface area contributed by atoms with Crippen molar-refractivity contribution >= 4 is 22.8 Å². The average molecular weight is 410 g/mol. The number of nitrogens with zero attached hydrogens (tertiary/aromatic N) is 6. The second-order valence-corrected chi connectivity index (χ2v) is 7.45. The number of hydrogen-bond acceptors (Lipinski definition) is 8. The van der Waals surface area contributed by atoms with E-state index in [0.717, 1.165) is 48.8 Å². The number of oxazole rings is 1. The summed E-state index contributed by atoms with van der Waals surface area (Å²) in [4.78, 5) is 35.1. The van der Waals surface area contributed by atoms with E-state index in [9.17, 15) is 4.79 Å². The standard InChI is InChI=1S/C21H26N6O3/c1-14-15(2)22-13-23-20(14)27-9-7-26(8-10-27)12-19-24-17-6-5-16(11-18(17)30-19)21(28)25(3)29-4/h5-6,11,13H,7-10,12H2,1-4H3. The number of fused-ring (bicyclic) bond motifs is 1. The Bertz CT molecular complexity index is 1060. The lowest BCUT2D eigenvalue weighted by Gasteiger charge is -2.35. The fourth-order valence-corrected chi connectivity index (χ4v) is 3.59. The van der Waals surface area contributed by atoms with E-state index >= 15 is 0 Å². The molecule has 1 amide bonds. The Morgan fingerprint density at radius 2 is 1.97 bits per heavy atom. The van der Waals surface area contributed by atoms with Crippen molar-refractivity contribution < 1.29 is 14.0 Å². The van der Waals surface area contributed by atoms with Gasteiger partial charge in [0, 0.05) is 50.0 Å². The first kappa shape index (κ1) is 20.2. The van der Waals surface area contributed by atoms with Gasteiger partial charge in [0.25, 0.3) is 5.91 Å². The van der Waals surface area contributed by atoms with E-state index in [2.05, 4.69) is 31.7 Å². The normalized spacial score (nSPS) is 15.0. The number of aromatic nitrogens is 3. The summed E-state index contributed by atoms with van der Waals surface area (Å²) in [7, 11) is 3.03. The number of rotatable bonds is 5. The van der Waals surface area contributed by atoms with E-state index in [1.165, 1.54) is 12.2 Å². The van der Waals surface area contributed by atoms with Gasteiger partial charge in [-0.3, -0.25) is 14.5 Å². The van der Waals surface area contributed by atoms with Crippen molar-refractivity contribution in [1.82, 2.24) is 24.9 Å². The Balaban J connectivity index is 1.41. The number of hydroxylamine groups is 2. The van der Waals surface area contributed by atoms with Gasteiger partial charge in [0.15, 0.2) is 5.58 Å². The van der Waals surface area contributed by atoms with Crippen molar-refractivity contribution in [2.75, 3.05) is 45.2 Å². The van der Waals surface area contributed by atoms with Crippen LogP contribution < -0.4 is 4.90 Å². The van der Waals surface area contributed by atoms with Crippen LogP contribution in [0.1, 0.15) is 27.5 Å². The zero-order valence-electron chi connectivity index (χ0n) is 17.8. The molecule has 4 rings (SSSR count). The third-order valence-electron chi connectivity index (χ3n) is 5.58. The van der Waals surface area contributed by atoms with Crippen molar-refractivity contribution in [3.8, 4) is 0 Å². The Labute approximate surface area is 175 Å². The van der Waals surface area contributed by atoms with Gasteiger partial charge in [-0.1, -0.05) is 0 Å². The van der Waals surface area contributed by atoms with E-state index in [0.29, 0.717) is 23.6 Å². The first-order valence-corrected chi connectivity index (χ1v) is 9.93. The monoisotopic (exact) mass is 410 g/mol. The van der Waals surface area contributed by atoms with Crippen LogP contribution in [0.4, 0.5) is 5.82 Å². The van der Waals surface area contributed by atoms with E-state index < -0.39 is 0 Å². The van der Waals surface area contributed by atoms with Crippen molar-refractivity contribution in [3.05, 3.63) is 47.2 Å². The molecule has 1 fully saturated rings. The Kier molecular flexibility index (Phi) is 5.65. The highest BCUT2D eigenvalue weighted by Gasteiger charge is 2.22. The predicted octanol–water partition coefficient (Wildman–Crippen LogP) is 2.19. The van der Waals surface area contributed by atoms with Gasteiger partial charge in [0.05, 0.1) is 13.7 Å². The molecule has 3 aromatic rings. The summed E-state index contributed by atoms with van der Waals surface area (Å²) < 4.78 is 5.92. The maximum Gasteiger partial charge on any atom is 0.277 e. The maximum absolute atomic E-state index is 12.3. The summed E-state index contributed by atoms with van der Waals surface area (Å²) in [5.74, 6) is 1.43. The molecule has 1 saturated heterocycles. The molecule has 0 atom stereocenters. The molecule has 0 N–H and O–H groups in total. The van der Waals surface area contributed by atoms with Gasteiger partial charge in [-0.15, -0.1) is 0 Å². The molecule has 1 aromatic carbocycles. The smallest absolute Gasteiger partial charge is 0.277 e. The van der Waals surface area contributed by atoms with Crippen molar-refractivity contribution in [2.24, 2.45) is 0 Å². The van der Waals surface area contributed by atoms with Crippen LogP contribution in [-0.4, -0.2) is 71.2 Å². The molecule has 158 valence electrons. The second kappa shape index (κ2) is 8.37. The summed E-state index contributed by atoms with van der Waals surface area (Å²) in [6, 6.07) is 5.25. The van der Waals surface area contributed by atoms with Crippen molar-refractivity contribution in [3.63, 3.8) is 0 Å². The quantitative estimate of drug-likeness (QED) is 0.592. The van der Waals surface area contributed by atoms with Crippen LogP contribution in [0.25, 0.3) is 11.1 Å². The highest BCUT2D eigenvalue weighted by atomic mass is 16.7. The van der Waals surface area contributed by atoms with Crippen molar-refractivity contribution in [1.29, 1.82) is 0 Å². The lowest BCUT2D eigenvalue weighted by Crippen LogP contribution is -2.46.